The minimum atomic E-state index is -0.475. The second-order valence-electron chi connectivity index (χ2n) is 5.87. The summed E-state index contributed by atoms with van der Waals surface area (Å²) >= 11 is 0. The zero-order chi connectivity index (χ0) is 15.7. The number of aryl methyl sites for hydroxylation is 2. The van der Waals surface area contributed by atoms with E-state index < -0.39 is 12.1 Å². The lowest BCUT2D eigenvalue weighted by atomic mass is 9.97. The largest absolute Gasteiger partial charge is 0.444 e. The quantitative estimate of drug-likeness (QED) is 0.914. The molecule has 1 aliphatic rings. The van der Waals surface area contributed by atoms with Crippen molar-refractivity contribution in [3.8, 4) is 0 Å². The van der Waals surface area contributed by atoms with Crippen LogP contribution >= 0.6 is 0 Å². The Hall–Kier alpha value is -1.85. The Labute approximate surface area is 124 Å². The number of piperazine rings is 1. The minimum Gasteiger partial charge on any atom is -0.444 e. The third kappa shape index (κ3) is 2.94. The van der Waals surface area contributed by atoms with Gasteiger partial charge >= 0.3 is 0 Å². The molecule has 2 amide bonds. The first-order valence-corrected chi connectivity index (χ1v) is 7.38. The third-order valence-electron chi connectivity index (χ3n) is 3.96. The van der Waals surface area contributed by atoms with Crippen molar-refractivity contribution >= 4 is 11.8 Å². The molecule has 1 saturated heterocycles. The number of oxazole rings is 1. The zero-order valence-corrected chi connectivity index (χ0v) is 13.3. The van der Waals surface area contributed by atoms with Gasteiger partial charge in [0.25, 0.3) is 0 Å². The number of carbonyl (C=O) groups excluding carboxylic acids is 2. The molecule has 0 saturated carbocycles. The van der Waals surface area contributed by atoms with Crippen LogP contribution in [0.4, 0.5) is 0 Å². The molecule has 0 aromatic carbocycles. The van der Waals surface area contributed by atoms with Gasteiger partial charge in [0.1, 0.15) is 17.8 Å². The van der Waals surface area contributed by atoms with E-state index in [4.69, 9.17) is 4.42 Å². The third-order valence-corrected chi connectivity index (χ3v) is 3.96. The fourth-order valence-corrected chi connectivity index (χ4v) is 2.58. The molecule has 1 aromatic heterocycles. The van der Waals surface area contributed by atoms with Gasteiger partial charge in [-0.25, -0.2) is 4.98 Å². The second kappa shape index (κ2) is 5.87. The van der Waals surface area contributed by atoms with Crippen LogP contribution < -0.4 is 5.32 Å². The molecular weight excluding hydrogens is 270 g/mol. The van der Waals surface area contributed by atoms with E-state index in [1.165, 1.54) is 0 Å². The molecule has 0 bridgehead atoms. The summed E-state index contributed by atoms with van der Waals surface area (Å²) in [5.41, 5.74) is 0.812. The molecule has 116 valence electrons. The van der Waals surface area contributed by atoms with Gasteiger partial charge in [0, 0.05) is 0 Å². The maximum Gasteiger partial charge on any atom is 0.246 e. The molecule has 1 fully saturated rings. The van der Waals surface area contributed by atoms with Crippen molar-refractivity contribution in [3.05, 3.63) is 17.3 Å². The summed E-state index contributed by atoms with van der Waals surface area (Å²) < 4.78 is 5.55. The van der Waals surface area contributed by atoms with Gasteiger partial charge in [-0.2, -0.15) is 0 Å². The van der Waals surface area contributed by atoms with E-state index in [0.717, 1.165) is 11.5 Å². The molecular formula is C15H23N3O3. The van der Waals surface area contributed by atoms with Gasteiger partial charge in [-0.1, -0.05) is 20.8 Å². The molecule has 2 unspecified atom stereocenters. The lowest BCUT2D eigenvalue weighted by molar-refractivity contribution is -0.151. The van der Waals surface area contributed by atoms with Gasteiger partial charge in [-0.05, 0) is 26.2 Å². The highest BCUT2D eigenvalue weighted by Crippen LogP contribution is 2.21. The molecule has 0 spiro atoms. The summed E-state index contributed by atoms with van der Waals surface area (Å²) in [4.78, 5) is 30.7. The summed E-state index contributed by atoms with van der Waals surface area (Å²) in [7, 11) is 0. The maximum absolute atomic E-state index is 12.6. The Morgan fingerprint density at radius 2 is 2.00 bits per heavy atom. The molecule has 2 rings (SSSR count). The van der Waals surface area contributed by atoms with Crippen LogP contribution in [-0.2, 0) is 16.1 Å². The number of amides is 2. The predicted octanol–water partition coefficient (Wildman–Crippen LogP) is 1.55. The number of hydrogen-bond acceptors (Lipinski definition) is 4. The summed E-state index contributed by atoms with van der Waals surface area (Å²) in [6, 6.07) is -0.933. The molecule has 21 heavy (non-hydrogen) atoms. The molecule has 0 aliphatic carbocycles. The van der Waals surface area contributed by atoms with Crippen LogP contribution in [0.2, 0.25) is 0 Å². The van der Waals surface area contributed by atoms with Crippen LogP contribution in [0.3, 0.4) is 0 Å². The van der Waals surface area contributed by atoms with Crippen molar-refractivity contribution in [2.45, 2.75) is 59.7 Å². The lowest BCUT2D eigenvalue weighted by Crippen LogP contribution is -2.64. The Kier molecular flexibility index (Phi) is 4.34. The second-order valence-corrected chi connectivity index (χ2v) is 5.87. The van der Waals surface area contributed by atoms with Crippen LogP contribution in [0, 0.1) is 19.8 Å². The minimum absolute atomic E-state index is 0.0507. The van der Waals surface area contributed by atoms with Gasteiger partial charge < -0.3 is 14.6 Å². The van der Waals surface area contributed by atoms with E-state index in [9.17, 15) is 9.59 Å². The van der Waals surface area contributed by atoms with Crippen molar-refractivity contribution in [1.29, 1.82) is 0 Å². The van der Waals surface area contributed by atoms with Gasteiger partial charge in [0.15, 0.2) is 0 Å². The highest BCUT2D eigenvalue weighted by molar-refractivity contribution is 5.97. The highest BCUT2D eigenvalue weighted by atomic mass is 16.4. The van der Waals surface area contributed by atoms with E-state index in [0.29, 0.717) is 12.3 Å². The molecule has 6 heteroatoms. The number of nitrogens with one attached hydrogen (secondary N) is 1. The molecule has 1 aliphatic heterocycles. The van der Waals surface area contributed by atoms with Gasteiger partial charge in [-0.15, -0.1) is 0 Å². The number of nitrogens with zero attached hydrogens (tertiary/aromatic N) is 2. The highest BCUT2D eigenvalue weighted by Gasteiger charge is 2.41. The Morgan fingerprint density at radius 3 is 2.48 bits per heavy atom. The topological polar surface area (TPSA) is 75.4 Å². The van der Waals surface area contributed by atoms with Gasteiger partial charge in [0.05, 0.1) is 12.2 Å². The predicted molar refractivity (Wildman–Crippen MR) is 77.4 cm³/mol. The van der Waals surface area contributed by atoms with Crippen molar-refractivity contribution in [2.75, 3.05) is 0 Å². The Bertz CT molecular complexity index is 531. The average Bonchev–Trinajstić information content (AvgIpc) is 2.72. The van der Waals surface area contributed by atoms with E-state index in [1.807, 2.05) is 34.6 Å². The summed E-state index contributed by atoms with van der Waals surface area (Å²) in [6.07, 6.45) is 0.570. The van der Waals surface area contributed by atoms with Crippen LogP contribution in [0.15, 0.2) is 4.42 Å². The average molecular weight is 293 g/mol. The summed E-state index contributed by atoms with van der Waals surface area (Å²) in [5.74, 6) is 1.11. The molecule has 1 aromatic rings. The summed E-state index contributed by atoms with van der Waals surface area (Å²) in [6.45, 7) is 9.68. The maximum atomic E-state index is 12.6. The molecule has 1 N–H and O–H groups in total. The van der Waals surface area contributed by atoms with Gasteiger partial charge in [-0.3, -0.25) is 9.59 Å². The smallest absolute Gasteiger partial charge is 0.246 e. The molecule has 0 radical (unpaired) electrons. The van der Waals surface area contributed by atoms with Crippen LogP contribution in [-0.4, -0.2) is 33.8 Å². The van der Waals surface area contributed by atoms with Gasteiger partial charge in [0.2, 0.25) is 17.7 Å². The van der Waals surface area contributed by atoms with Crippen molar-refractivity contribution < 1.29 is 14.0 Å². The number of carbonyl (C=O) groups is 2. The van der Waals surface area contributed by atoms with Crippen LogP contribution in [0.1, 0.15) is 44.5 Å². The lowest BCUT2D eigenvalue weighted by Gasteiger charge is -2.39. The van der Waals surface area contributed by atoms with Crippen molar-refractivity contribution in [2.24, 2.45) is 5.92 Å². The first-order valence-electron chi connectivity index (χ1n) is 7.38. The monoisotopic (exact) mass is 293 g/mol. The van der Waals surface area contributed by atoms with Crippen molar-refractivity contribution in [1.82, 2.24) is 15.2 Å². The van der Waals surface area contributed by atoms with Crippen molar-refractivity contribution in [3.63, 3.8) is 0 Å². The Balaban J connectivity index is 2.27. The number of rotatable bonds is 4. The van der Waals surface area contributed by atoms with E-state index in [-0.39, 0.29) is 24.3 Å². The van der Waals surface area contributed by atoms with Crippen LogP contribution in [0.25, 0.3) is 0 Å². The van der Waals surface area contributed by atoms with Crippen LogP contribution in [0.5, 0.6) is 0 Å². The fourth-order valence-electron chi connectivity index (χ4n) is 2.58. The molecule has 2 heterocycles. The standard InChI is InChI=1S/C15H23N3O3/c1-6-11-14(19)17-13(8(2)3)15(20)18(11)7-12-16-9(4)10(5)21-12/h8,11,13H,6-7H2,1-5H3,(H,17,19). The summed E-state index contributed by atoms with van der Waals surface area (Å²) in [5, 5.41) is 2.82. The fraction of sp³-hybridized carbons (Fsp3) is 0.667. The van der Waals surface area contributed by atoms with E-state index >= 15 is 0 Å². The zero-order valence-electron chi connectivity index (χ0n) is 13.3. The molecule has 6 nitrogen and oxygen atoms in total. The SMILES string of the molecule is CCC1C(=O)NC(C(C)C)C(=O)N1Cc1nc(C)c(C)o1. The first-order chi connectivity index (χ1) is 9.85. The normalized spacial score (nSPS) is 22.9. The van der Waals surface area contributed by atoms with E-state index in [2.05, 4.69) is 10.3 Å². The molecule has 2 atom stereocenters. The number of aromatic nitrogens is 1. The van der Waals surface area contributed by atoms with E-state index in [1.54, 1.807) is 4.90 Å². The Morgan fingerprint density at radius 1 is 1.33 bits per heavy atom. The number of hydrogen-bond donors (Lipinski definition) is 1. The first kappa shape index (κ1) is 15.5.